The lowest BCUT2D eigenvalue weighted by Crippen LogP contribution is -2.51. The van der Waals surface area contributed by atoms with E-state index in [0.717, 1.165) is 38.1 Å². The van der Waals surface area contributed by atoms with Gasteiger partial charge in [0, 0.05) is 30.6 Å². The fourth-order valence-electron chi connectivity index (χ4n) is 3.04. The van der Waals surface area contributed by atoms with Gasteiger partial charge in [-0.2, -0.15) is 11.8 Å². The average molecular weight is 256 g/mol. The maximum atomic E-state index is 12.7. The summed E-state index contributed by atoms with van der Waals surface area (Å²) in [6.07, 6.45) is 5.50. The Bertz CT molecular complexity index is 277. The van der Waals surface area contributed by atoms with Gasteiger partial charge in [0.15, 0.2) is 0 Å². The summed E-state index contributed by atoms with van der Waals surface area (Å²) in [6.45, 7) is 4.59. The maximum absolute atomic E-state index is 12.7. The van der Waals surface area contributed by atoms with Crippen molar-refractivity contribution in [3.8, 4) is 0 Å². The minimum absolute atomic E-state index is 0.208. The Hall–Kier alpha value is -0.220. The molecule has 0 spiro atoms. The maximum Gasteiger partial charge on any atom is 0.230 e. The van der Waals surface area contributed by atoms with Crippen LogP contribution in [-0.4, -0.2) is 41.4 Å². The van der Waals surface area contributed by atoms with Crippen molar-refractivity contribution in [2.75, 3.05) is 25.4 Å². The summed E-state index contributed by atoms with van der Waals surface area (Å²) in [5.74, 6) is 1.43. The fraction of sp³-hybridized carbons (Fsp3) is 0.923. The molecule has 2 aliphatic rings. The lowest BCUT2D eigenvalue weighted by Gasteiger charge is -2.38. The van der Waals surface area contributed by atoms with Gasteiger partial charge >= 0.3 is 0 Å². The first-order chi connectivity index (χ1) is 8.22. The van der Waals surface area contributed by atoms with Gasteiger partial charge in [-0.3, -0.25) is 4.79 Å². The molecule has 1 aliphatic heterocycles. The first-order valence-electron chi connectivity index (χ1n) is 6.83. The zero-order valence-electron chi connectivity index (χ0n) is 10.8. The van der Waals surface area contributed by atoms with Crippen molar-refractivity contribution < 1.29 is 4.79 Å². The van der Waals surface area contributed by atoms with E-state index in [-0.39, 0.29) is 5.41 Å². The van der Waals surface area contributed by atoms with Crippen molar-refractivity contribution in [1.29, 1.82) is 0 Å². The highest BCUT2D eigenvalue weighted by molar-refractivity contribution is 8.00. The van der Waals surface area contributed by atoms with Crippen LogP contribution in [0.1, 0.15) is 39.0 Å². The van der Waals surface area contributed by atoms with E-state index in [9.17, 15) is 4.79 Å². The van der Waals surface area contributed by atoms with Crippen LogP contribution in [0.15, 0.2) is 0 Å². The van der Waals surface area contributed by atoms with E-state index in [2.05, 4.69) is 11.8 Å². The molecule has 17 heavy (non-hydrogen) atoms. The van der Waals surface area contributed by atoms with Gasteiger partial charge in [-0.15, -0.1) is 0 Å². The second-order valence-corrected chi connectivity index (χ2v) is 6.75. The summed E-state index contributed by atoms with van der Waals surface area (Å²) < 4.78 is 0. The van der Waals surface area contributed by atoms with E-state index in [4.69, 9.17) is 5.73 Å². The Morgan fingerprint density at radius 3 is 2.76 bits per heavy atom. The highest BCUT2D eigenvalue weighted by Crippen LogP contribution is 2.39. The smallest absolute Gasteiger partial charge is 0.230 e. The molecule has 2 rings (SSSR count). The number of carbonyl (C=O) groups excluding carboxylic acids is 1. The van der Waals surface area contributed by atoms with Crippen LogP contribution in [0.3, 0.4) is 0 Å². The quantitative estimate of drug-likeness (QED) is 0.838. The summed E-state index contributed by atoms with van der Waals surface area (Å²) in [7, 11) is 0. The fourth-order valence-corrected chi connectivity index (χ4v) is 4.22. The Morgan fingerprint density at radius 2 is 2.18 bits per heavy atom. The summed E-state index contributed by atoms with van der Waals surface area (Å²) in [6, 6.07) is 0. The standard InChI is InChI=1S/C13H24N2OS/c1-2-11-9-15(7-8-17-11)12(16)13(10-14)5-3-4-6-13/h11H,2-10,14H2,1H3. The van der Waals surface area contributed by atoms with E-state index < -0.39 is 0 Å². The molecule has 1 heterocycles. The zero-order chi connectivity index (χ0) is 12.3. The van der Waals surface area contributed by atoms with Crippen molar-refractivity contribution in [2.24, 2.45) is 11.1 Å². The van der Waals surface area contributed by atoms with E-state index in [1.54, 1.807) is 0 Å². The molecule has 2 fully saturated rings. The zero-order valence-corrected chi connectivity index (χ0v) is 11.6. The molecule has 98 valence electrons. The minimum Gasteiger partial charge on any atom is -0.340 e. The largest absolute Gasteiger partial charge is 0.340 e. The second kappa shape index (κ2) is 5.61. The van der Waals surface area contributed by atoms with Gasteiger partial charge in [0.05, 0.1) is 5.41 Å². The number of rotatable bonds is 3. The summed E-state index contributed by atoms with van der Waals surface area (Å²) in [5.41, 5.74) is 5.68. The average Bonchev–Trinajstić information content (AvgIpc) is 2.88. The van der Waals surface area contributed by atoms with Crippen LogP contribution >= 0.6 is 11.8 Å². The molecule has 0 aromatic rings. The van der Waals surface area contributed by atoms with E-state index in [0.29, 0.717) is 17.7 Å². The van der Waals surface area contributed by atoms with Gasteiger partial charge < -0.3 is 10.6 Å². The molecule has 0 aromatic heterocycles. The van der Waals surface area contributed by atoms with Gasteiger partial charge in [0.25, 0.3) is 0 Å². The number of nitrogens with two attached hydrogens (primary N) is 1. The summed E-state index contributed by atoms with van der Waals surface area (Å²) >= 11 is 2.01. The monoisotopic (exact) mass is 256 g/mol. The summed E-state index contributed by atoms with van der Waals surface area (Å²) in [4.78, 5) is 14.7. The topological polar surface area (TPSA) is 46.3 Å². The second-order valence-electron chi connectivity index (χ2n) is 5.34. The summed E-state index contributed by atoms with van der Waals surface area (Å²) in [5, 5.41) is 0.629. The van der Waals surface area contributed by atoms with E-state index in [1.807, 2.05) is 11.8 Å². The number of amides is 1. The van der Waals surface area contributed by atoms with Crippen LogP contribution in [0.5, 0.6) is 0 Å². The van der Waals surface area contributed by atoms with Crippen LogP contribution in [0.25, 0.3) is 0 Å². The number of carbonyl (C=O) groups is 1. The lowest BCUT2D eigenvalue weighted by atomic mass is 9.84. The van der Waals surface area contributed by atoms with Crippen LogP contribution in [0.2, 0.25) is 0 Å². The molecule has 3 nitrogen and oxygen atoms in total. The Morgan fingerprint density at radius 1 is 1.47 bits per heavy atom. The molecule has 1 aliphatic carbocycles. The lowest BCUT2D eigenvalue weighted by molar-refractivity contribution is -0.141. The molecule has 0 aromatic carbocycles. The first kappa shape index (κ1) is 13.2. The van der Waals surface area contributed by atoms with E-state index >= 15 is 0 Å². The number of nitrogens with zero attached hydrogens (tertiary/aromatic N) is 1. The Balaban J connectivity index is 2.03. The van der Waals surface area contributed by atoms with Gasteiger partial charge in [-0.05, 0) is 19.3 Å². The Kier molecular flexibility index (Phi) is 4.36. The number of hydrogen-bond donors (Lipinski definition) is 1. The van der Waals surface area contributed by atoms with E-state index in [1.165, 1.54) is 12.8 Å². The van der Waals surface area contributed by atoms with Crippen molar-refractivity contribution in [3.05, 3.63) is 0 Å². The van der Waals surface area contributed by atoms with Gasteiger partial charge in [-0.25, -0.2) is 0 Å². The van der Waals surface area contributed by atoms with Crippen molar-refractivity contribution in [2.45, 2.75) is 44.3 Å². The third kappa shape index (κ3) is 2.63. The van der Waals surface area contributed by atoms with Gasteiger partial charge in [0.2, 0.25) is 5.91 Å². The van der Waals surface area contributed by atoms with Crippen molar-refractivity contribution in [1.82, 2.24) is 4.90 Å². The highest BCUT2D eigenvalue weighted by Gasteiger charge is 2.43. The van der Waals surface area contributed by atoms with Gasteiger partial charge in [0.1, 0.15) is 0 Å². The van der Waals surface area contributed by atoms with Crippen molar-refractivity contribution in [3.63, 3.8) is 0 Å². The predicted octanol–water partition coefficient (Wildman–Crippen LogP) is 1.86. The third-order valence-electron chi connectivity index (χ3n) is 4.29. The number of hydrogen-bond acceptors (Lipinski definition) is 3. The van der Waals surface area contributed by atoms with Crippen LogP contribution in [0.4, 0.5) is 0 Å². The molecule has 1 atom stereocenters. The minimum atomic E-state index is -0.208. The predicted molar refractivity (Wildman–Crippen MR) is 73.1 cm³/mol. The SMILES string of the molecule is CCC1CN(C(=O)C2(CN)CCCC2)CCS1. The first-order valence-corrected chi connectivity index (χ1v) is 7.88. The third-order valence-corrected chi connectivity index (χ3v) is 5.66. The molecule has 0 radical (unpaired) electrons. The molecule has 1 saturated carbocycles. The highest BCUT2D eigenvalue weighted by atomic mass is 32.2. The van der Waals surface area contributed by atoms with Crippen molar-refractivity contribution >= 4 is 17.7 Å². The molecule has 1 saturated heterocycles. The van der Waals surface area contributed by atoms with Crippen LogP contribution in [0, 0.1) is 5.41 Å². The molecule has 2 N–H and O–H groups in total. The Labute approximate surface area is 108 Å². The van der Waals surface area contributed by atoms with Crippen LogP contribution in [-0.2, 0) is 4.79 Å². The van der Waals surface area contributed by atoms with Gasteiger partial charge in [-0.1, -0.05) is 19.8 Å². The van der Waals surface area contributed by atoms with Crippen LogP contribution < -0.4 is 5.73 Å². The molecule has 1 amide bonds. The molecular weight excluding hydrogens is 232 g/mol. The normalized spacial score (nSPS) is 28.4. The molecule has 4 heteroatoms. The molecular formula is C13H24N2OS. The number of thioether (sulfide) groups is 1. The molecule has 1 unspecified atom stereocenters. The molecule has 0 bridgehead atoms.